The molecule has 33 heavy (non-hydrogen) atoms. The third-order valence-corrected chi connectivity index (χ3v) is 5.11. The summed E-state index contributed by atoms with van der Waals surface area (Å²) in [5, 5.41) is 42.4. The molecular weight excluding hydrogens is 442 g/mol. The predicted octanol–water partition coefficient (Wildman–Crippen LogP) is -0.917. The Morgan fingerprint density at radius 2 is 2.06 bits per heavy atom. The van der Waals surface area contributed by atoms with Gasteiger partial charge in [-0.2, -0.15) is 0 Å². The molecule has 1 unspecified atom stereocenters. The first-order chi connectivity index (χ1) is 15.5. The lowest BCUT2D eigenvalue weighted by atomic mass is 9.87. The normalized spacial score (nSPS) is 27.0. The molecule has 13 heteroatoms. The van der Waals surface area contributed by atoms with Gasteiger partial charge >= 0.3 is 11.8 Å². The summed E-state index contributed by atoms with van der Waals surface area (Å²) >= 11 is 0. The molecule has 1 fully saturated rings. The van der Waals surface area contributed by atoms with Crippen LogP contribution >= 0.6 is 0 Å². The van der Waals surface area contributed by atoms with Gasteiger partial charge in [0.25, 0.3) is 0 Å². The fourth-order valence-corrected chi connectivity index (χ4v) is 3.47. The standard InChI is InChI=1S/C20H27N3O10/c1-11(25)22-17-15(31-2)9-20(19(27)28,33-18(17)16(21)14(26)10-24)32-13-5-3-12(4-6-13)7-8-23(29)30/h3-8,14-18,24,26H,9-10,21H2,1-2H3,(H,22,25)(H,27,28)/b8-7+/t14-,15-,16-,17+,18?,20+/m0/s1. The number of benzene rings is 1. The molecular formula is C20H27N3O10. The number of ether oxygens (including phenoxy) is 3. The number of nitro groups is 1. The lowest BCUT2D eigenvalue weighted by molar-refractivity contribution is -0.400. The van der Waals surface area contributed by atoms with E-state index >= 15 is 0 Å². The molecule has 0 aromatic heterocycles. The van der Waals surface area contributed by atoms with Crippen molar-refractivity contribution in [1.29, 1.82) is 0 Å². The number of rotatable bonds is 10. The third kappa shape index (κ3) is 6.46. The molecule has 0 bridgehead atoms. The van der Waals surface area contributed by atoms with Gasteiger partial charge in [-0.15, -0.1) is 0 Å². The Morgan fingerprint density at radius 1 is 1.42 bits per heavy atom. The molecule has 1 saturated heterocycles. The van der Waals surface area contributed by atoms with Crippen LogP contribution in [0.2, 0.25) is 0 Å². The summed E-state index contributed by atoms with van der Waals surface area (Å²) in [5.41, 5.74) is 6.50. The fourth-order valence-electron chi connectivity index (χ4n) is 3.47. The van der Waals surface area contributed by atoms with Crippen molar-refractivity contribution in [3.05, 3.63) is 46.1 Å². The summed E-state index contributed by atoms with van der Waals surface area (Å²) in [7, 11) is 1.30. The van der Waals surface area contributed by atoms with Crippen LogP contribution in [-0.2, 0) is 19.1 Å². The SMILES string of the molecule is CO[C@H]1C[C@](Oc2ccc(/C=C/[N+](=O)[O-])cc2)(C(=O)O)OC([C@@H](N)[C@@H](O)CO)[C@@H]1NC(C)=O. The van der Waals surface area contributed by atoms with Gasteiger partial charge in [-0.25, -0.2) is 4.79 Å². The van der Waals surface area contributed by atoms with Gasteiger partial charge in [-0.1, -0.05) is 12.1 Å². The molecule has 6 N–H and O–H groups in total. The minimum absolute atomic E-state index is 0.0681. The number of amides is 1. The average molecular weight is 469 g/mol. The highest BCUT2D eigenvalue weighted by atomic mass is 16.7. The molecule has 0 spiro atoms. The lowest BCUT2D eigenvalue weighted by Gasteiger charge is -2.47. The van der Waals surface area contributed by atoms with E-state index in [0.717, 1.165) is 6.20 Å². The van der Waals surface area contributed by atoms with Gasteiger partial charge in [0.2, 0.25) is 12.1 Å². The van der Waals surface area contributed by atoms with Crippen LogP contribution in [0.25, 0.3) is 6.08 Å². The smallest absolute Gasteiger partial charge is 0.377 e. The number of aliphatic carboxylic acids is 1. The molecule has 6 atom stereocenters. The Morgan fingerprint density at radius 3 is 2.55 bits per heavy atom. The third-order valence-electron chi connectivity index (χ3n) is 5.11. The summed E-state index contributed by atoms with van der Waals surface area (Å²) in [4.78, 5) is 33.8. The van der Waals surface area contributed by atoms with Crippen molar-refractivity contribution in [2.75, 3.05) is 13.7 Å². The van der Waals surface area contributed by atoms with Crippen molar-refractivity contribution in [1.82, 2.24) is 5.32 Å². The maximum absolute atomic E-state index is 12.3. The Bertz CT molecular complexity index is 877. The highest BCUT2D eigenvalue weighted by molar-refractivity contribution is 5.77. The largest absolute Gasteiger partial charge is 0.476 e. The summed E-state index contributed by atoms with van der Waals surface area (Å²) in [5.74, 6) is -4.23. The van der Waals surface area contributed by atoms with Crippen LogP contribution in [0.15, 0.2) is 30.5 Å². The minimum atomic E-state index is -2.31. The highest BCUT2D eigenvalue weighted by Crippen LogP contribution is 2.35. The molecule has 1 aromatic carbocycles. The van der Waals surface area contributed by atoms with Crippen molar-refractivity contribution < 1.29 is 44.0 Å². The van der Waals surface area contributed by atoms with Gasteiger partial charge in [0.1, 0.15) is 11.9 Å². The number of nitrogens with one attached hydrogen (secondary N) is 1. The number of nitrogens with two attached hydrogens (primary N) is 1. The molecule has 1 amide bonds. The molecule has 13 nitrogen and oxygen atoms in total. The minimum Gasteiger partial charge on any atom is -0.476 e. The van der Waals surface area contributed by atoms with E-state index in [2.05, 4.69) is 5.32 Å². The highest BCUT2D eigenvalue weighted by Gasteiger charge is 2.56. The Balaban J connectivity index is 2.41. The second kappa shape index (κ2) is 11.2. The number of methoxy groups -OCH3 is 1. The van der Waals surface area contributed by atoms with Crippen molar-refractivity contribution >= 4 is 18.0 Å². The number of aliphatic hydroxyl groups is 2. The van der Waals surface area contributed by atoms with Crippen LogP contribution < -0.4 is 15.8 Å². The number of aliphatic hydroxyl groups excluding tert-OH is 2. The first kappa shape index (κ1) is 26.2. The van der Waals surface area contributed by atoms with E-state index in [0.29, 0.717) is 5.56 Å². The second-order valence-electron chi connectivity index (χ2n) is 7.44. The molecule has 2 rings (SSSR count). The van der Waals surface area contributed by atoms with E-state index in [1.807, 2.05) is 0 Å². The molecule has 0 radical (unpaired) electrons. The second-order valence-corrected chi connectivity index (χ2v) is 7.44. The van der Waals surface area contributed by atoms with Gasteiger partial charge in [0.15, 0.2) is 0 Å². The van der Waals surface area contributed by atoms with E-state index in [-0.39, 0.29) is 12.2 Å². The number of carboxylic acids is 1. The Hall–Kier alpha value is -3.10. The molecule has 182 valence electrons. The molecule has 0 saturated carbocycles. The van der Waals surface area contributed by atoms with Gasteiger partial charge in [-0.05, 0) is 17.7 Å². The molecule has 1 aliphatic rings. The number of carbonyl (C=O) groups excluding carboxylic acids is 1. The molecule has 1 aliphatic heterocycles. The van der Waals surface area contributed by atoms with Crippen molar-refractivity contribution in [3.8, 4) is 5.75 Å². The number of carbonyl (C=O) groups is 2. The van der Waals surface area contributed by atoms with E-state index in [4.69, 9.17) is 19.9 Å². The van der Waals surface area contributed by atoms with Crippen LogP contribution in [-0.4, -0.2) is 82.0 Å². The van der Waals surface area contributed by atoms with Crippen LogP contribution in [0.5, 0.6) is 5.75 Å². The topological polar surface area (TPSA) is 204 Å². The van der Waals surface area contributed by atoms with Gasteiger partial charge in [-0.3, -0.25) is 14.9 Å². The van der Waals surface area contributed by atoms with Crippen molar-refractivity contribution in [2.45, 2.75) is 49.5 Å². The van der Waals surface area contributed by atoms with Crippen molar-refractivity contribution in [2.24, 2.45) is 5.73 Å². The number of carboxylic acid groups (broad SMARTS) is 1. The lowest BCUT2D eigenvalue weighted by Crippen LogP contribution is -2.70. The quantitative estimate of drug-likeness (QED) is 0.209. The maximum Gasteiger partial charge on any atom is 0.377 e. The summed E-state index contributed by atoms with van der Waals surface area (Å²) in [6, 6.07) is 3.48. The van der Waals surface area contributed by atoms with Crippen LogP contribution in [0.1, 0.15) is 18.9 Å². The molecule has 1 aromatic rings. The summed E-state index contributed by atoms with van der Waals surface area (Å²) < 4.78 is 16.9. The van der Waals surface area contributed by atoms with Crippen LogP contribution in [0.4, 0.5) is 0 Å². The molecule has 1 heterocycles. The van der Waals surface area contributed by atoms with Gasteiger partial charge in [0.05, 0.1) is 42.2 Å². The Labute approximate surface area is 188 Å². The zero-order chi connectivity index (χ0) is 24.8. The van der Waals surface area contributed by atoms with E-state index in [1.165, 1.54) is 44.4 Å². The van der Waals surface area contributed by atoms with Crippen LogP contribution in [0.3, 0.4) is 0 Å². The van der Waals surface area contributed by atoms with Gasteiger partial charge in [0, 0.05) is 20.1 Å². The predicted molar refractivity (Wildman–Crippen MR) is 112 cm³/mol. The van der Waals surface area contributed by atoms with Gasteiger partial charge < -0.3 is 40.6 Å². The number of hydrogen-bond donors (Lipinski definition) is 5. The van der Waals surface area contributed by atoms with E-state index < -0.39 is 59.6 Å². The van der Waals surface area contributed by atoms with Crippen LogP contribution in [0, 0.1) is 10.1 Å². The zero-order valence-electron chi connectivity index (χ0n) is 18.0. The fraction of sp³-hybridized carbons (Fsp3) is 0.500. The maximum atomic E-state index is 12.3. The first-order valence-corrected chi connectivity index (χ1v) is 9.89. The van der Waals surface area contributed by atoms with E-state index in [1.54, 1.807) is 0 Å². The monoisotopic (exact) mass is 469 g/mol. The number of hydrogen-bond acceptors (Lipinski definition) is 10. The van der Waals surface area contributed by atoms with Crippen molar-refractivity contribution in [3.63, 3.8) is 0 Å². The number of nitrogens with zero attached hydrogens (tertiary/aromatic N) is 1. The summed E-state index contributed by atoms with van der Waals surface area (Å²) in [6.07, 6.45) is -2.09. The molecule has 0 aliphatic carbocycles. The van der Waals surface area contributed by atoms with E-state index in [9.17, 15) is 35.0 Å². The summed E-state index contributed by atoms with van der Waals surface area (Å²) in [6.45, 7) is 0.508. The first-order valence-electron chi connectivity index (χ1n) is 9.89. The average Bonchev–Trinajstić information content (AvgIpc) is 2.77. The zero-order valence-corrected chi connectivity index (χ0v) is 18.0. The Kier molecular flexibility index (Phi) is 8.84.